The fourth-order valence-corrected chi connectivity index (χ4v) is 3.27. The Kier molecular flexibility index (Phi) is 5.79. The zero-order valence-electron chi connectivity index (χ0n) is 11.5. The van der Waals surface area contributed by atoms with Gasteiger partial charge in [0.2, 0.25) is 5.91 Å². The lowest BCUT2D eigenvalue weighted by Gasteiger charge is -2.20. The van der Waals surface area contributed by atoms with Crippen LogP contribution in [0.3, 0.4) is 0 Å². The molecule has 1 N–H and O–H groups in total. The zero-order valence-corrected chi connectivity index (χ0v) is 12.3. The smallest absolute Gasteiger partial charge is 0.223 e. The van der Waals surface area contributed by atoms with Crippen molar-refractivity contribution in [2.24, 2.45) is 5.92 Å². The highest BCUT2D eigenvalue weighted by atomic mass is 32.1. The summed E-state index contributed by atoms with van der Waals surface area (Å²) in [6.45, 7) is 1.25. The maximum absolute atomic E-state index is 11.9. The number of nitrogens with zero attached hydrogens (tertiary/aromatic N) is 1. The molecule has 0 bridgehead atoms. The second-order valence-corrected chi connectivity index (χ2v) is 5.98. The van der Waals surface area contributed by atoms with Crippen molar-refractivity contribution in [3.05, 3.63) is 16.1 Å². The molecule has 1 aromatic heterocycles. The molecule has 0 saturated heterocycles. The molecule has 0 radical (unpaired) electrons. The normalized spacial score (nSPS) is 16.5. The predicted molar refractivity (Wildman–Crippen MR) is 76.1 cm³/mol. The summed E-state index contributed by atoms with van der Waals surface area (Å²) in [5.41, 5.74) is 1.04. The highest BCUT2D eigenvalue weighted by Gasteiger charge is 2.20. The van der Waals surface area contributed by atoms with Crippen LogP contribution in [-0.2, 0) is 22.6 Å². The first-order valence-electron chi connectivity index (χ1n) is 6.99. The van der Waals surface area contributed by atoms with Gasteiger partial charge in [-0.1, -0.05) is 19.3 Å². The Morgan fingerprint density at radius 2 is 2.26 bits per heavy atom. The minimum absolute atomic E-state index is 0.229. The van der Waals surface area contributed by atoms with Crippen molar-refractivity contribution in [3.8, 4) is 0 Å². The summed E-state index contributed by atoms with van der Waals surface area (Å²) in [7, 11) is 1.67. The number of ether oxygens (including phenoxy) is 1. The van der Waals surface area contributed by atoms with Crippen LogP contribution in [0.1, 0.15) is 42.8 Å². The molecule has 0 unspecified atom stereocenters. The number of hydrogen-bond donors (Lipinski definition) is 1. The van der Waals surface area contributed by atoms with Gasteiger partial charge in [-0.2, -0.15) is 0 Å². The van der Waals surface area contributed by atoms with Gasteiger partial charge >= 0.3 is 0 Å². The van der Waals surface area contributed by atoms with Gasteiger partial charge in [-0.3, -0.25) is 4.79 Å². The lowest BCUT2D eigenvalue weighted by Crippen LogP contribution is -2.33. The number of aromatic nitrogens is 1. The monoisotopic (exact) mass is 282 g/mol. The van der Waals surface area contributed by atoms with Crippen molar-refractivity contribution in [1.82, 2.24) is 10.3 Å². The molecule has 0 aromatic carbocycles. The van der Waals surface area contributed by atoms with Crippen LogP contribution in [-0.4, -0.2) is 24.5 Å². The quantitative estimate of drug-likeness (QED) is 0.872. The maximum Gasteiger partial charge on any atom is 0.223 e. The van der Waals surface area contributed by atoms with Crippen LogP contribution in [0.5, 0.6) is 0 Å². The van der Waals surface area contributed by atoms with Gasteiger partial charge in [0, 0.05) is 31.4 Å². The molecule has 1 fully saturated rings. The second kappa shape index (κ2) is 7.60. The van der Waals surface area contributed by atoms with Gasteiger partial charge in [0.15, 0.2) is 0 Å². The summed E-state index contributed by atoms with van der Waals surface area (Å²) in [6, 6.07) is 0. The van der Waals surface area contributed by atoms with E-state index in [1.165, 1.54) is 19.3 Å². The Labute approximate surface area is 118 Å². The molecule has 0 atom stereocenters. The third-order valence-electron chi connectivity index (χ3n) is 3.52. The summed E-state index contributed by atoms with van der Waals surface area (Å²) < 4.78 is 5.04. The van der Waals surface area contributed by atoms with Gasteiger partial charge < -0.3 is 10.1 Å². The first-order valence-corrected chi connectivity index (χ1v) is 7.87. The van der Waals surface area contributed by atoms with E-state index in [0.29, 0.717) is 13.2 Å². The summed E-state index contributed by atoms with van der Waals surface area (Å²) in [5.74, 6) is 0.472. The molecule has 2 rings (SSSR count). The minimum atomic E-state index is 0.229. The fraction of sp³-hybridized carbons (Fsp3) is 0.714. The van der Waals surface area contributed by atoms with E-state index in [2.05, 4.69) is 10.3 Å². The van der Waals surface area contributed by atoms with E-state index in [4.69, 9.17) is 4.74 Å². The first kappa shape index (κ1) is 14.5. The number of nitrogens with one attached hydrogen (secondary N) is 1. The maximum atomic E-state index is 11.9. The van der Waals surface area contributed by atoms with Crippen molar-refractivity contribution in [1.29, 1.82) is 0 Å². The predicted octanol–water partition coefficient (Wildman–Crippen LogP) is 2.53. The highest BCUT2D eigenvalue weighted by molar-refractivity contribution is 7.09. The van der Waals surface area contributed by atoms with Gasteiger partial charge in [0.1, 0.15) is 5.01 Å². The molecule has 1 aliphatic rings. The molecule has 1 aromatic rings. The summed E-state index contributed by atoms with van der Waals surface area (Å²) in [6.07, 6.45) is 6.60. The molecule has 1 amide bonds. The molecule has 0 aliphatic heterocycles. The van der Waals surface area contributed by atoms with Crippen LogP contribution in [0, 0.1) is 5.92 Å². The van der Waals surface area contributed by atoms with Crippen LogP contribution < -0.4 is 5.32 Å². The van der Waals surface area contributed by atoms with E-state index in [1.807, 2.05) is 5.38 Å². The molecule has 106 valence electrons. The Hall–Kier alpha value is -0.940. The van der Waals surface area contributed by atoms with Crippen molar-refractivity contribution < 1.29 is 9.53 Å². The standard InChI is InChI=1S/C14H22N2O2S/c1-18-9-13-16-12(10-19-13)7-8-15-14(17)11-5-3-2-4-6-11/h10-11H,2-9H2,1H3,(H,15,17). The van der Waals surface area contributed by atoms with E-state index in [0.717, 1.165) is 30.0 Å². The lowest BCUT2D eigenvalue weighted by atomic mass is 9.89. The molecule has 19 heavy (non-hydrogen) atoms. The van der Waals surface area contributed by atoms with Crippen molar-refractivity contribution in [3.63, 3.8) is 0 Å². The summed E-state index contributed by atoms with van der Waals surface area (Å²) >= 11 is 1.61. The third kappa shape index (κ3) is 4.58. The van der Waals surface area contributed by atoms with Crippen LogP contribution in [0.4, 0.5) is 0 Å². The van der Waals surface area contributed by atoms with E-state index < -0.39 is 0 Å². The Morgan fingerprint density at radius 3 is 3.00 bits per heavy atom. The van der Waals surface area contributed by atoms with Crippen molar-refractivity contribution >= 4 is 17.2 Å². The largest absolute Gasteiger partial charge is 0.378 e. The number of methoxy groups -OCH3 is 1. The van der Waals surface area contributed by atoms with Gasteiger partial charge in [-0.15, -0.1) is 11.3 Å². The van der Waals surface area contributed by atoms with Crippen LogP contribution in [0.15, 0.2) is 5.38 Å². The highest BCUT2D eigenvalue weighted by Crippen LogP contribution is 2.23. The van der Waals surface area contributed by atoms with Gasteiger partial charge in [0.25, 0.3) is 0 Å². The van der Waals surface area contributed by atoms with Crippen LogP contribution in [0.2, 0.25) is 0 Å². The van der Waals surface area contributed by atoms with Crippen LogP contribution in [0.25, 0.3) is 0 Å². The summed E-state index contributed by atoms with van der Waals surface area (Å²) in [5, 5.41) is 6.08. The number of rotatable bonds is 6. The van der Waals surface area contributed by atoms with Gasteiger partial charge in [-0.05, 0) is 12.8 Å². The average molecular weight is 282 g/mol. The molecular formula is C14H22N2O2S. The third-order valence-corrected chi connectivity index (χ3v) is 4.39. The number of hydrogen-bond acceptors (Lipinski definition) is 4. The number of amides is 1. The van der Waals surface area contributed by atoms with Crippen molar-refractivity contribution in [2.75, 3.05) is 13.7 Å². The van der Waals surface area contributed by atoms with E-state index >= 15 is 0 Å². The lowest BCUT2D eigenvalue weighted by molar-refractivity contribution is -0.125. The Bertz CT molecular complexity index is 400. The topological polar surface area (TPSA) is 51.2 Å². The molecular weight excluding hydrogens is 260 g/mol. The Balaban J connectivity index is 1.68. The first-order chi connectivity index (χ1) is 9.29. The van der Waals surface area contributed by atoms with Gasteiger partial charge in [0.05, 0.1) is 12.3 Å². The number of carbonyl (C=O) groups is 1. The fourth-order valence-electron chi connectivity index (χ4n) is 2.48. The average Bonchev–Trinajstić information content (AvgIpc) is 2.88. The zero-order chi connectivity index (χ0) is 13.5. The van der Waals surface area contributed by atoms with Crippen LogP contribution >= 0.6 is 11.3 Å². The SMILES string of the molecule is COCc1nc(CCNC(=O)C2CCCCC2)cs1. The van der Waals surface area contributed by atoms with E-state index in [9.17, 15) is 4.79 Å². The van der Waals surface area contributed by atoms with E-state index in [-0.39, 0.29) is 11.8 Å². The summed E-state index contributed by atoms with van der Waals surface area (Å²) in [4.78, 5) is 16.4. The Morgan fingerprint density at radius 1 is 1.47 bits per heavy atom. The van der Waals surface area contributed by atoms with Crippen molar-refractivity contribution in [2.45, 2.75) is 45.1 Å². The van der Waals surface area contributed by atoms with E-state index in [1.54, 1.807) is 18.4 Å². The molecule has 4 nitrogen and oxygen atoms in total. The molecule has 1 saturated carbocycles. The molecule has 1 aliphatic carbocycles. The number of thiazole rings is 1. The van der Waals surface area contributed by atoms with Gasteiger partial charge in [-0.25, -0.2) is 4.98 Å². The molecule has 1 heterocycles. The molecule has 0 spiro atoms. The number of carbonyl (C=O) groups excluding carboxylic acids is 1. The minimum Gasteiger partial charge on any atom is -0.378 e. The second-order valence-electron chi connectivity index (χ2n) is 5.04. The molecule has 5 heteroatoms.